The molecular formula is C18H15IO6. The highest BCUT2D eigenvalue weighted by molar-refractivity contribution is 14.1. The summed E-state index contributed by atoms with van der Waals surface area (Å²) >= 11 is 2.01. The first-order chi connectivity index (χ1) is 12.1. The van der Waals surface area contributed by atoms with Crippen LogP contribution in [-0.4, -0.2) is 30.3 Å². The predicted octanol–water partition coefficient (Wildman–Crippen LogP) is 3.64. The summed E-state index contributed by atoms with van der Waals surface area (Å²) in [5.41, 5.74) is 0.617. The number of carbonyl (C=O) groups is 2. The van der Waals surface area contributed by atoms with Gasteiger partial charge in [0.25, 0.3) is 0 Å². The van der Waals surface area contributed by atoms with Crippen molar-refractivity contribution in [1.82, 2.24) is 0 Å². The molecule has 0 aromatic heterocycles. The van der Waals surface area contributed by atoms with Crippen molar-refractivity contribution in [3.05, 3.63) is 62.7 Å². The van der Waals surface area contributed by atoms with Crippen LogP contribution in [0.1, 0.15) is 39.0 Å². The van der Waals surface area contributed by atoms with Gasteiger partial charge >= 0.3 is 11.9 Å². The van der Waals surface area contributed by atoms with Crippen molar-refractivity contribution < 1.29 is 28.9 Å². The van der Waals surface area contributed by atoms with Gasteiger partial charge in [-0.15, -0.1) is 0 Å². The Kier molecular flexibility index (Phi) is 5.67. The number of carboxylic acid groups (broad SMARTS) is 1. The van der Waals surface area contributed by atoms with Gasteiger partial charge in [0.05, 0.1) is 24.3 Å². The van der Waals surface area contributed by atoms with Crippen molar-refractivity contribution in [3.63, 3.8) is 0 Å². The highest BCUT2D eigenvalue weighted by Crippen LogP contribution is 2.36. The maximum absolute atomic E-state index is 12.4. The molecule has 1 heterocycles. The van der Waals surface area contributed by atoms with Crippen LogP contribution in [0.25, 0.3) is 0 Å². The molecule has 3 rings (SSSR count). The molecule has 1 aliphatic rings. The minimum atomic E-state index is -1.19. The second kappa shape index (κ2) is 7.94. The third-order valence-electron chi connectivity index (χ3n) is 3.60. The monoisotopic (exact) mass is 454 g/mol. The summed E-state index contributed by atoms with van der Waals surface area (Å²) in [4.78, 5) is 24.1. The highest BCUT2D eigenvalue weighted by atomic mass is 127. The number of hydrogen-bond donors (Lipinski definition) is 1. The van der Waals surface area contributed by atoms with Gasteiger partial charge in [-0.1, -0.05) is 18.2 Å². The fourth-order valence-electron chi connectivity index (χ4n) is 2.46. The maximum atomic E-state index is 12.4. The number of carboxylic acids is 1. The summed E-state index contributed by atoms with van der Waals surface area (Å²) in [5.74, 6) is -1.87. The number of hydrogen-bond acceptors (Lipinski definition) is 5. The smallest absolute Gasteiger partial charge is 0.343 e. The van der Waals surface area contributed by atoms with Crippen molar-refractivity contribution in [3.8, 4) is 5.75 Å². The van der Waals surface area contributed by atoms with Gasteiger partial charge in [-0.05, 0) is 53.3 Å². The summed E-state index contributed by atoms with van der Waals surface area (Å²) in [7, 11) is 0. The number of halogens is 1. The largest absolute Gasteiger partial charge is 0.478 e. The summed E-state index contributed by atoms with van der Waals surface area (Å²) in [6.45, 7) is 0.981. The summed E-state index contributed by atoms with van der Waals surface area (Å²) < 4.78 is 17.3. The molecule has 1 aliphatic heterocycles. The van der Waals surface area contributed by atoms with Crippen LogP contribution in [0.3, 0.4) is 0 Å². The molecule has 1 N–H and O–H groups in total. The second-order valence-electron chi connectivity index (χ2n) is 5.36. The summed E-state index contributed by atoms with van der Waals surface area (Å²) in [6.07, 6.45) is -0.00845. The third kappa shape index (κ3) is 4.17. The van der Waals surface area contributed by atoms with Crippen LogP contribution in [0.4, 0.5) is 0 Å². The molecule has 2 aromatic carbocycles. The van der Waals surface area contributed by atoms with Gasteiger partial charge in [-0.25, -0.2) is 9.59 Å². The third-order valence-corrected chi connectivity index (χ3v) is 4.22. The van der Waals surface area contributed by atoms with E-state index >= 15 is 0 Å². The van der Waals surface area contributed by atoms with Crippen LogP contribution < -0.4 is 4.74 Å². The molecule has 0 saturated carbocycles. The SMILES string of the molecule is O=C(Oc1c(C(=O)O)cc(I)cc1C1OCCCO1)c1ccccc1. The predicted molar refractivity (Wildman–Crippen MR) is 96.8 cm³/mol. The van der Waals surface area contributed by atoms with Crippen LogP contribution in [0.5, 0.6) is 5.75 Å². The van der Waals surface area contributed by atoms with Crippen LogP contribution in [0.2, 0.25) is 0 Å². The summed E-state index contributed by atoms with van der Waals surface area (Å²) in [6, 6.07) is 11.5. The molecule has 2 aromatic rings. The Morgan fingerprint density at radius 2 is 1.80 bits per heavy atom. The zero-order valence-corrected chi connectivity index (χ0v) is 15.3. The molecule has 1 saturated heterocycles. The Bertz CT molecular complexity index is 784. The van der Waals surface area contributed by atoms with Crippen molar-refractivity contribution in [2.45, 2.75) is 12.7 Å². The fourth-order valence-corrected chi connectivity index (χ4v) is 3.10. The second-order valence-corrected chi connectivity index (χ2v) is 6.61. The molecule has 25 heavy (non-hydrogen) atoms. The standard InChI is InChI=1S/C18H15IO6/c19-12-9-13(16(20)21)15(14(10-12)18-23-7-4-8-24-18)25-17(22)11-5-2-1-3-6-11/h1-3,5-6,9-10,18H,4,7-8H2,(H,20,21). The summed E-state index contributed by atoms with van der Waals surface area (Å²) in [5, 5.41) is 9.52. The van der Waals surface area contributed by atoms with Crippen molar-refractivity contribution in [2.24, 2.45) is 0 Å². The van der Waals surface area contributed by atoms with Gasteiger partial charge in [-0.2, -0.15) is 0 Å². The van der Waals surface area contributed by atoms with Crippen LogP contribution in [0.15, 0.2) is 42.5 Å². The Morgan fingerprint density at radius 3 is 2.44 bits per heavy atom. The molecule has 7 heteroatoms. The Labute approximate surface area is 157 Å². The van der Waals surface area contributed by atoms with Gasteiger partial charge in [0.2, 0.25) is 0 Å². The van der Waals surface area contributed by atoms with Gasteiger partial charge in [0.1, 0.15) is 5.56 Å². The van der Waals surface area contributed by atoms with Crippen LogP contribution >= 0.6 is 22.6 Å². The van der Waals surface area contributed by atoms with Gasteiger partial charge in [0, 0.05) is 3.57 Å². The topological polar surface area (TPSA) is 82.1 Å². The molecule has 130 valence electrons. The lowest BCUT2D eigenvalue weighted by Gasteiger charge is -2.25. The van der Waals surface area contributed by atoms with Crippen molar-refractivity contribution in [1.29, 1.82) is 0 Å². The van der Waals surface area contributed by atoms with E-state index < -0.39 is 18.2 Å². The number of carbonyl (C=O) groups excluding carboxylic acids is 1. The first-order valence-corrected chi connectivity index (χ1v) is 8.71. The van der Waals surface area contributed by atoms with Crippen molar-refractivity contribution >= 4 is 34.5 Å². The molecule has 0 atom stereocenters. The molecule has 0 bridgehead atoms. The fraction of sp³-hybridized carbons (Fsp3) is 0.222. The van der Waals surface area contributed by atoms with E-state index in [2.05, 4.69) is 0 Å². The van der Waals surface area contributed by atoms with E-state index in [9.17, 15) is 14.7 Å². The average Bonchev–Trinajstić information content (AvgIpc) is 2.64. The quantitative estimate of drug-likeness (QED) is 0.432. The zero-order chi connectivity index (χ0) is 17.8. The van der Waals surface area contributed by atoms with E-state index in [4.69, 9.17) is 14.2 Å². The Morgan fingerprint density at radius 1 is 1.12 bits per heavy atom. The van der Waals surface area contributed by atoms with E-state index in [1.54, 1.807) is 36.4 Å². The first kappa shape index (κ1) is 17.8. The number of esters is 1. The van der Waals surface area contributed by atoms with E-state index in [1.165, 1.54) is 6.07 Å². The minimum absolute atomic E-state index is 0.0475. The van der Waals surface area contributed by atoms with E-state index in [1.807, 2.05) is 22.6 Å². The molecule has 0 radical (unpaired) electrons. The Hall–Kier alpha value is -1.97. The lowest BCUT2D eigenvalue weighted by Crippen LogP contribution is -2.21. The number of benzene rings is 2. The number of rotatable bonds is 4. The molecule has 1 fully saturated rings. The lowest BCUT2D eigenvalue weighted by molar-refractivity contribution is -0.183. The Balaban J connectivity index is 2.02. The number of aromatic carboxylic acids is 1. The normalized spacial score (nSPS) is 14.9. The van der Waals surface area contributed by atoms with Gasteiger partial charge in [-0.3, -0.25) is 0 Å². The van der Waals surface area contributed by atoms with Gasteiger partial charge < -0.3 is 19.3 Å². The minimum Gasteiger partial charge on any atom is -0.478 e. The average molecular weight is 454 g/mol. The maximum Gasteiger partial charge on any atom is 0.343 e. The van der Waals surface area contributed by atoms with Gasteiger partial charge in [0.15, 0.2) is 12.0 Å². The molecule has 0 aliphatic carbocycles. The van der Waals surface area contributed by atoms with E-state index in [0.717, 1.165) is 6.42 Å². The molecule has 0 amide bonds. The van der Waals surface area contributed by atoms with E-state index in [-0.39, 0.29) is 11.3 Å². The molecular weight excluding hydrogens is 439 g/mol. The first-order valence-electron chi connectivity index (χ1n) is 7.63. The lowest BCUT2D eigenvalue weighted by atomic mass is 10.1. The van der Waals surface area contributed by atoms with Crippen LogP contribution in [0, 0.1) is 3.57 Å². The van der Waals surface area contributed by atoms with E-state index in [0.29, 0.717) is 27.9 Å². The highest BCUT2D eigenvalue weighted by Gasteiger charge is 2.27. The molecule has 0 unspecified atom stereocenters. The van der Waals surface area contributed by atoms with Crippen LogP contribution in [-0.2, 0) is 9.47 Å². The zero-order valence-electron chi connectivity index (χ0n) is 13.1. The number of ether oxygens (including phenoxy) is 3. The molecule has 0 spiro atoms. The van der Waals surface area contributed by atoms with Crippen molar-refractivity contribution in [2.75, 3.05) is 13.2 Å². The molecule has 6 nitrogen and oxygen atoms in total.